The van der Waals surface area contributed by atoms with Gasteiger partial charge < -0.3 is 10.4 Å². The number of hydrogen-bond donors (Lipinski definition) is 2. The molecule has 0 aliphatic carbocycles. The van der Waals surface area contributed by atoms with E-state index >= 15 is 0 Å². The third-order valence-electron chi connectivity index (χ3n) is 2.31. The molecule has 6 nitrogen and oxygen atoms in total. The number of benzene rings is 1. The lowest BCUT2D eigenvalue weighted by Crippen LogP contribution is -2.13. The van der Waals surface area contributed by atoms with Crippen LogP contribution in [0.5, 0.6) is 0 Å². The Morgan fingerprint density at radius 1 is 1.39 bits per heavy atom. The lowest BCUT2D eigenvalue weighted by atomic mass is 10.1. The van der Waals surface area contributed by atoms with Crippen molar-refractivity contribution in [2.24, 2.45) is 0 Å². The van der Waals surface area contributed by atoms with Gasteiger partial charge in [0.2, 0.25) is 0 Å². The van der Waals surface area contributed by atoms with E-state index in [0.29, 0.717) is 11.3 Å². The fourth-order valence-electron chi connectivity index (χ4n) is 1.39. The second-order valence-corrected chi connectivity index (χ2v) is 4.19. The Morgan fingerprint density at radius 2 is 2.17 bits per heavy atom. The van der Waals surface area contributed by atoms with E-state index in [1.54, 1.807) is 13.0 Å². The van der Waals surface area contributed by atoms with Gasteiger partial charge in [-0.05, 0) is 42.2 Å². The van der Waals surface area contributed by atoms with Crippen LogP contribution in [0.4, 0.5) is 5.69 Å². The van der Waals surface area contributed by atoms with Crippen LogP contribution in [0.15, 0.2) is 23.6 Å². The molecular formula is C11H9N3O3S. The zero-order valence-electron chi connectivity index (χ0n) is 9.38. The minimum Gasteiger partial charge on any atom is -0.478 e. The van der Waals surface area contributed by atoms with Crippen molar-refractivity contribution in [3.8, 4) is 0 Å². The van der Waals surface area contributed by atoms with Crippen LogP contribution in [-0.2, 0) is 0 Å². The Balaban J connectivity index is 2.20. The van der Waals surface area contributed by atoms with Crippen molar-refractivity contribution in [3.63, 3.8) is 0 Å². The molecule has 0 aliphatic rings. The zero-order chi connectivity index (χ0) is 13.1. The van der Waals surface area contributed by atoms with Gasteiger partial charge >= 0.3 is 5.97 Å². The highest BCUT2D eigenvalue weighted by molar-refractivity contribution is 7.03. The molecule has 0 unspecified atom stereocenters. The van der Waals surface area contributed by atoms with Crippen molar-refractivity contribution < 1.29 is 14.7 Å². The predicted octanol–water partition coefficient (Wildman–Crippen LogP) is 1.80. The molecule has 1 aromatic heterocycles. The predicted molar refractivity (Wildman–Crippen MR) is 66.0 cm³/mol. The van der Waals surface area contributed by atoms with Gasteiger partial charge in [-0.15, -0.1) is 5.10 Å². The molecule has 0 bridgehead atoms. The Kier molecular flexibility index (Phi) is 3.33. The standard InChI is InChI=1S/C11H9N3O3S/c1-6-4-7(11(16)17)2-3-8(6)12-10(15)9-5-18-14-13-9/h2-5H,1H3,(H,12,15)(H,16,17). The van der Waals surface area contributed by atoms with Crippen molar-refractivity contribution in [2.45, 2.75) is 6.92 Å². The number of aromatic carboxylic acids is 1. The van der Waals surface area contributed by atoms with Crippen LogP contribution in [-0.4, -0.2) is 26.6 Å². The normalized spacial score (nSPS) is 10.1. The van der Waals surface area contributed by atoms with E-state index in [4.69, 9.17) is 5.11 Å². The summed E-state index contributed by atoms with van der Waals surface area (Å²) >= 11 is 1.09. The Bertz CT molecular complexity index is 596. The molecule has 18 heavy (non-hydrogen) atoms. The van der Waals surface area contributed by atoms with Gasteiger partial charge in [-0.1, -0.05) is 4.49 Å². The lowest BCUT2D eigenvalue weighted by molar-refractivity contribution is 0.0696. The summed E-state index contributed by atoms with van der Waals surface area (Å²) in [5, 5.41) is 16.7. The molecule has 1 amide bonds. The molecule has 2 N–H and O–H groups in total. The lowest BCUT2D eigenvalue weighted by Gasteiger charge is -2.07. The number of anilines is 1. The van der Waals surface area contributed by atoms with Crippen LogP contribution in [0.3, 0.4) is 0 Å². The number of aryl methyl sites for hydroxylation is 1. The summed E-state index contributed by atoms with van der Waals surface area (Å²) < 4.78 is 3.60. The number of carbonyl (C=O) groups is 2. The molecule has 2 aromatic rings. The van der Waals surface area contributed by atoms with Gasteiger partial charge in [0, 0.05) is 11.1 Å². The number of amides is 1. The van der Waals surface area contributed by atoms with Gasteiger partial charge in [-0.2, -0.15) is 0 Å². The molecule has 1 heterocycles. The largest absolute Gasteiger partial charge is 0.478 e. The average molecular weight is 263 g/mol. The summed E-state index contributed by atoms with van der Waals surface area (Å²) in [6.07, 6.45) is 0. The van der Waals surface area contributed by atoms with Gasteiger partial charge in [0.05, 0.1) is 5.56 Å². The van der Waals surface area contributed by atoms with E-state index in [1.165, 1.54) is 17.5 Å². The first kappa shape index (κ1) is 12.2. The number of rotatable bonds is 3. The van der Waals surface area contributed by atoms with E-state index in [-0.39, 0.29) is 17.2 Å². The second-order valence-electron chi connectivity index (χ2n) is 3.58. The molecule has 1 aromatic carbocycles. The maximum Gasteiger partial charge on any atom is 0.335 e. The zero-order valence-corrected chi connectivity index (χ0v) is 10.2. The van der Waals surface area contributed by atoms with Crippen molar-refractivity contribution in [1.82, 2.24) is 9.59 Å². The Morgan fingerprint density at radius 3 is 2.72 bits per heavy atom. The van der Waals surface area contributed by atoms with Crippen molar-refractivity contribution in [3.05, 3.63) is 40.4 Å². The van der Waals surface area contributed by atoms with Gasteiger partial charge in [-0.3, -0.25) is 4.79 Å². The summed E-state index contributed by atoms with van der Waals surface area (Å²) in [6, 6.07) is 4.48. The molecule has 0 radical (unpaired) electrons. The van der Waals surface area contributed by atoms with E-state index in [9.17, 15) is 9.59 Å². The highest BCUT2D eigenvalue weighted by Crippen LogP contribution is 2.17. The van der Waals surface area contributed by atoms with Crippen LogP contribution in [0, 0.1) is 6.92 Å². The highest BCUT2D eigenvalue weighted by atomic mass is 32.1. The quantitative estimate of drug-likeness (QED) is 0.880. The number of carboxylic acid groups (broad SMARTS) is 1. The highest BCUT2D eigenvalue weighted by Gasteiger charge is 2.11. The molecular weight excluding hydrogens is 254 g/mol. The average Bonchev–Trinajstić information content (AvgIpc) is 2.85. The third kappa shape index (κ3) is 2.51. The third-order valence-corrected chi connectivity index (χ3v) is 2.82. The van der Waals surface area contributed by atoms with Gasteiger partial charge in [0.25, 0.3) is 5.91 Å². The number of carboxylic acids is 1. The summed E-state index contributed by atoms with van der Waals surface area (Å²) in [7, 11) is 0. The number of carbonyl (C=O) groups excluding carboxylic acids is 1. The van der Waals surface area contributed by atoms with Crippen LogP contribution in [0.25, 0.3) is 0 Å². The minimum atomic E-state index is -1.00. The molecule has 2 rings (SSSR count). The molecule has 0 spiro atoms. The SMILES string of the molecule is Cc1cc(C(=O)O)ccc1NC(=O)c1csnn1. The maximum atomic E-state index is 11.7. The fourth-order valence-corrected chi connectivity index (χ4v) is 1.82. The van der Waals surface area contributed by atoms with Crippen molar-refractivity contribution >= 4 is 29.1 Å². The smallest absolute Gasteiger partial charge is 0.335 e. The summed E-state index contributed by atoms with van der Waals surface area (Å²) in [6.45, 7) is 1.72. The first-order valence-electron chi connectivity index (χ1n) is 5.00. The molecule has 0 atom stereocenters. The minimum absolute atomic E-state index is 0.181. The first-order chi connectivity index (χ1) is 8.58. The number of hydrogen-bond acceptors (Lipinski definition) is 5. The number of aromatic nitrogens is 2. The molecule has 0 aliphatic heterocycles. The van der Waals surface area contributed by atoms with Crippen LogP contribution >= 0.6 is 11.5 Å². The Hall–Kier alpha value is -2.28. The molecule has 92 valence electrons. The molecule has 0 saturated heterocycles. The molecule has 0 saturated carbocycles. The topological polar surface area (TPSA) is 92.2 Å². The van der Waals surface area contributed by atoms with Crippen molar-refractivity contribution in [2.75, 3.05) is 5.32 Å². The van der Waals surface area contributed by atoms with E-state index in [0.717, 1.165) is 11.5 Å². The van der Waals surface area contributed by atoms with Crippen LogP contribution in [0.2, 0.25) is 0 Å². The van der Waals surface area contributed by atoms with Gasteiger partial charge in [0.15, 0.2) is 5.69 Å². The van der Waals surface area contributed by atoms with Crippen molar-refractivity contribution in [1.29, 1.82) is 0 Å². The summed E-state index contributed by atoms with van der Waals surface area (Å²) in [4.78, 5) is 22.5. The van der Waals surface area contributed by atoms with Gasteiger partial charge in [0.1, 0.15) is 0 Å². The summed E-state index contributed by atoms with van der Waals surface area (Å²) in [5.74, 6) is -1.37. The first-order valence-corrected chi connectivity index (χ1v) is 5.84. The van der Waals surface area contributed by atoms with Gasteiger partial charge in [-0.25, -0.2) is 4.79 Å². The second kappa shape index (κ2) is 4.92. The Labute approximate surface area is 106 Å². The number of nitrogens with one attached hydrogen (secondary N) is 1. The summed E-state index contributed by atoms with van der Waals surface area (Å²) in [5.41, 5.74) is 1.65. The van der Waals surface area contributed by atoms with Crippen LogP contribution < -0.4 is 5.32 Å². The number of nitrogens with zero attached hydrogens (tertiary/aromatic N) is 2. The van der Waals surface area contributed by atoms with E-state index < -0.39 is 5.97 Å². The fraction of sp³-hybridized carbons (Fsp3) is 0.0909. The van der Waals surface area contributed by atoms with E-state index in [2.05, 4.69) is 14.9 Å². The monoisotopic (exact) mass is 263 g/mol. The molecule has 0 fully saturated rings. The molecule has 7 heteroatoms. The van der Waals surface area contributed by atoms with E-state index in [1.807, 2.05) is 0 Å². The van der Waals surface area contributed by atoms with Crippen LogP contribution in [0.1, 0.15) is 26.4 Å². The maximum absolute atomic E-state index is 11.7.